The van der Waals surface area contributed by atoms with Crippen molar-refractivity contribution in [3.63, 3.8) is 0 Å². The number of amides is 2. The van der Waals surface area contributed by atoms with Crippen molar-refractivity contribution in [2.24, 2.45) is 10.8 Å². The molecule has 0 aliphatic heterocycles. The molecule has 2 aliphatic carbocycles. The summed E-state index contributed by atoms with van der Waals surface area (Å²) in [5.41, 5.74) is 17.7. The van der Waals surface area contributed by atoms with Crippen LogP contribution in [0.1, 0.15) is 104 Å². The molecule has 0 aromatic heterocycles. The number of carbonyl (C=O) groups is 2. The second kappa shape index (κ2) is 14.1. The van der Waals surface area contributed by atoms with Crippen LogP contribution < -0.4 is 10.5 Å². The molecule has 2 aliphatic rings. The molecule has 0 saturated heterocycles. The van der Waals surface area contributed by atoms with E-state index in [1.165, 1.54) is 44.5 Å². The second-order valence-corrected chi connectivity index (χ2v) is 39.3. The van der Waals surface area contributed by atoms with Crippen molar-refractivity contribution in [2.75, 3.05) is 0 Å². The SMILES string of the molecule is Cc1cc(C)c(C)c(-c2cccc3c2C=C(C(C)(C)C)[CH]3[Zr]([Cl])([Cl])([B](NC=O)NC=O)[CH]2C(C(C)(C)C)=Cc3c(-c4cc(C)cc(C)c4C)cccc32)c1. The van der Waals surface area contributed by atoms with E-state index in [9.17, 15) is 9.59 Å². The number of aryl methyl sites for hydroxylation is 4. The van der Waals surface area contributed by atoms with Gasteiger partial charge in [0.2, 0.25) is 0 Å². The quantitative estimate of drug-likeness (QED) is 0.130. The van der Waals surface area contributed by atoms with Crippen LogP contribution in [0, 0.1) is 52.4 Å². The maximum absolute atomic E-state index is 12.7. The van der Waals surface area contributed by atoms with E-state index < -0.39 is 27.9 Å². The maximum atomic E-state index is 12.7. The zero-order valence-corrected chi connectivity index (χ0v) is 37.9. The van der Waals surface area contributed by atoms with Crippen LogP contribution >= 0.6 is 17.0 Å². The van der Waals surface area contributed by atoms with Crippen LogP contribution in [0.5, 0.6) is 0 Å². The number of halogens is 2. The van der Waals surface area contributed by atoms with Crippen molar-refractivity contribution in [2.45, 2.75) is 90.3 Å². The number of benzene rings is 4. The van der Waals surface area contributed by atoms with Crippen LogP contribution in [-0.4, -0.2) is 17.3 Å². The summed E-state index contributed by atoms with van der Waals surface area (Å²) in [5.74, 6) is 0. The Bertz CT molecular complexity index is 2120. The molecule has 281 valence electrons. The Kier molecular flexibility index (Phi) is 10.6. The molecule has 0 spiro atoms. The molecule has 2 N–H and O–H groups in total. The van der Waals surface area contributed by atoms with Crippen LogP contribution in [0.3, 0.4) is 0 Å². The Balaban J connectivity index is 1.75. The first-order valence-corrected chi connectivity index (χ1v) is 29.6. The number of hydrogen-bond donors (Lipinski definition) is 2. The normalized spacial score (nSPS) is 17.5. The van der Waals surface area contributed by atoms with Crippen LogP contribution in [0.15, 0.2) is 71.8 Å². The molecule has 4 aromatic carbocycles. The molecule has 0 fully saturated rings. The number of fused-ring (bicyclic) bond motifs is 2. The molecule has 8 heteroatoms. The number of allylic oxidation sites excluding steroid dienone is 2. The van der Waals surface area contributed by atoms with Gasteiger partial charge in [-0.1, -0.05) is 0 Å². The first-order valence-electron chi connectivity index (χ1n) is 19.0. The van der Waals surface area contributed by atoms with E-state index in [0.717, 1.165) is 44.5 Å². The molecule has 2 unspecified atom stereocenters. The first kappa shape index (κ1) is 40.5. The molecular formula is C46H54BCl2N2O2Zr. The number of carbonyl (C=O) groups excluding carboxylic acids is 2. The summed E-state index contributed by atoms with van der Waals surface area (Å²) in [4.78, 5) is 25.3. The van der Waals surface area contributed by atoms with Gasteiger partial charge in [0.05, 0.1) is 0 Å². The average Bonchev–Trinajstić information content (AvgIpc) is 3.70. The van der Waals surface area contributed by atoms with Gasteiger partial charge in [0.1, 0.15) is 0 Å². The molecular weight excluding hydrogens is 785 g/mol. The van der Waals surface area contributed by atoms with Gasteiger partial charge in [0.25, 0.3) is 0 Å². The third-order valence-electron chi connectivity index (χ3n) is 12.2. The summed E-state index contributed by atoms with van der Waals surface area (Å²) >= 11 is -6.03. The van der Waals surface area contributed by atoms with E-state index in [1.54, 1.807) is 0 Å². The van der Waals surface area contributed by atoms with Gasteiger partial charge in [-0.15, -0.1) is 0 Å². The van der Waals surface area contributed by atoms with Crippen LogP contribution in [0.2, 0.25) is 0 Å². The third kappa shape index (κ3) is 6.53. The van der Waals surface area contributed by atoms with E-state index in [4.69, 9.17) is 17.0 Å². The summed E-state index contributed by atoms with van der Waals surface area (Å²) in [6, 6.07) is 21.9. The summed E-state index contributed by atoms with van der Waals surface area (Å²) in [6.07, 6.45) is 5.90. The van der Waals surface area contributed by atoms with Gasteiger partial charge in [-0.2, -0.15) is 0 Å². The van der Waals surface area contributed by atoms with Gasteiger partial charge < -0.3 is 0 Å². The average molecular weight is 840 g/mol. The summed E-state index contributed by atoms with van der Waals surface area (Å²) in [5, 5.41) is 6.03. The molecule has 2 atom stereocenters. The summed E-state index contributed by atoms with van der Waals surface area (Å²) in [7, 11) is 17.6. The molecule has 4 aromatic rings. The van der Waals surface area contributed by atoms with Gasteiger partial charge >= 0.3 is 334 Å². The third-order valence-corrected chi connectivity index (χ3v) is 31.9. The van der Waals surface area contributed by atoms with E-state index in [2.05, 4.69) is 166 Å². The summed E-state index contributed by atoms with van der Waals surface area (Å²) < 4.78 is -1.92. The Hall–Kier alpha value is -3.17. The van der Waals surface area contributed by atoms with Gasteiger partial charge in [-0.05, 0) is 0 Å². The molecule has 4 nitrogen and oxygen atoms in total. The predicted molar refractivity (Wildman–Crippen MR) is 228 cm³/mol. The van der Waals surface area contributed by atoms with E-state index in [1.807, 2.05) is 0 Å². The molecule has 0 heterocycles. The van der Waals surface area contributed by atoms with Crippen molar-refractivity contribution in [3.8, 4) is 22.3 Å². The van der Waals surface area contributed by atoms with Crippen LogP contribution in [0.25, 0.3) is 34.4 Å². The fraction of sp³-hybridized carbons (Fsp3) is 0.348. The monoisotopic (exact) mass is 837 g/mol. The van der Waals surface area contributed by atoms with Gasteiger partial charge in [0, 0.05) is 0 Å². The molecule has 0 saturated carbocycles. The molecule has 0 radical (unpaired) electrons. The number of hydrogen-bond acceptors (Lipinski definition) is 2. The second-order valence-electron chi connectivity index (χ2n) is 17.9. The van der Waals surface area contributed by atoms with Crippen molar-refractivity contribution in [3.05, 3.63) is 127 Å². The fourth-order valence-electron chi connectivity index (χ4n) is 9.40. The Morgan fingerprint density at radius 3 is 1.30 bits per heavy atom. The van der Waals surface area contributed by atoms with Gasteiger partial charge in [0.15, 0.2) is 0 Å². The van der Waals surface area contributed by atoms with Crippen molar-refractivity contribution in [1.29, 1.82) is 0 Å². The topological polar surface area (TPSA) is 58.2 Å². The standard InChI is InChI=1S/2C22H25.C2H3BN2O2.2ClH.Zr/c2*1-14-10-15(2)16(3)20(11-14)19-9-7-8-17-12-18(13-21(17)19)22(4,5)6;6-1-4-3-5-2-7;;;/h2*7-13H,1-6H3;1-2H,(H-,4,5,6,7);2*1H;/q;;;;;+1/p-1. The minimum absolute atomic E-state index is 0.366. The minimum atomic E-state index is -6.03. The van der Waals surface area contributed by atoms with Gasteiger partial charge in [-0.3, -0.25) is 0 Å². The van der Waals surface area contributed by atoms with Crippen molar-refractivity contribution >= 4 is 46.5 Å². The number of nitrogens with one attached hydrogen (secondary N) is 2. The zero-order chi connectivity index (χ0) is 39.7. The first-order chi connectivity index (χ1) is 25.1. The Morgan fingerprint density at radius 1 is 0.593 bits per heavy atom. The van der Waals surface area contributed by atoms with E-state index in [0.29, 0.717) is 12.8 Å². The van der Waals surface area contributed by atoms with Crippen molar-refractivity contribution in [1.82, 2.24) is 10.5 Å². The van der Waals surface area contributed by atoms with Gasteiger partial charge in [-0.25, -0.2) is 0 Å². The Morgan fingerprint density at radius 2 is 0.963 bits per heavy atom. The Labute approximate surface area is 331 Å². The van der Waals surface area contributed by atoms with Crippen LogP contribution in [0.4, 0.5) is 0 Å². The van der Waals surface area contributed by atoms with Crippen molar-refractivity contribution < 1.29 is 25.8 Å². The predicted octanol–water partition coefficient (Wildman–Crippen LogP) is 12.0. The molecule has 0 bridgehead atoms. The van der Waals surface area contributed by atoms with Crippen LogP contribution in [-0.2, 0) is 25.8 Å². The zero-order valence-electron chi connectivity index (χ0n) is 33.9. The van der Waals surface area contributed by atoms with E-state index >= 15 is 0 Å². The van der Waals surface area contributed by atoms with E-state index in [-0.39, 0.29) is 10.8 Å². The number of rotatable bonds is 9. The fourth-order valence-corrected chi connectivity index (χ4v) is 30.4. The molecule has 54 heavy (non-hydrogen) atoms. The molecule has 2 amide bonds. The molecule has 6 rings (SSSR count). The summed E-state index contributed by atoms with van der Waals surface area (Å²) in [6.45, 7) is 26.2.